The van der Waals surface area contributed by atoms with Crippen molar-refractivity contribution in [2.45, 2.75) is 6.54 Å². The fraction of sp³-hybridized carbons (Fsp3) is 0.0625. The first-order valence-corrected chi connectivity index (χ1v) is 7.49. The fourth-order valence-corrected chi connectivity index (χ4v) is 3.11. The van der Waals surface area contributed by atoms with Crippen molar-refractivity contribution in [3.63, 3.8) is 0 Å². The molecule has 0 aliphatic heterocycles. The molecule has 3 rings (SSSR count). The number of rotatable bonds is 3. The molecular weight excluding hydrogens is 354 g/mol. The quantitative estimate of drug-likeness (QED) is 0.725. The van der Waals surface area contributed by atoms with E-state index >= 15 is 0 Å². The van der Waals surface area contributed by atoms with Gasteiger partial charge in [-0.3, -0.25) is 0 Å². The molecule has 106 valence electrons. The Morgan fingerprint density at radius 1 is 1.19 bits per heavy atom. The summed E-state index contributed by atoms with van der Waals surface area (Å²) in [6.07, 6.45) is 0. The number of aromatic carboxylic acids is 1. The topological polar surface area (TPSA) is 42.2 Å². The summed E-state index contributed by atoms with van der Waals surface area (Å²) >= 11 is 9.61. The summed E-state index contributed by atoms with van der Waals surface area (Å²) in [5.74, 6) is -0.945. The predicted octanol–water partition coefficient (Wildman–Crippen LogP) is 4.80. The third kappa shape index (κ3) is 2.69. The minimum Gasteiger partial charge on any atom is -0.477 e. The molecule has 3 aromatic rings. The van der Waals surface area contributed by atoms with Gasteiger partial charge < -0.3 is 9.67 Å². The van der Waals surface area contributed by atoms with Crippen LogP contribution in [0.1, 0.15) is 16.1 Å². The van der Waals surface area contributed by atoms with Gasteiger partial charge in [0, 0.05) is 26.9 Å². The summed E-state index contributed by atoms with van der Waals surface area (Å²) in [4.78, 5) is 11.5. The summed E-state index contributed by atoms with van der Waals surface area (Å²) < 4.78 is 2.67. The standard InChI is InChI=1S/C16H11BrClNO2/c17-12-6-5-11(13(18)8-12)9-19-14-4-2-1-3-10(14)7-15(19)16(20)21/h1-8H,9H2,(H,20,21). The normalized spacial score (nSPS) is 11.0. The van der Waals surface area contributed by atoms with Crippen LogP contribution in [0.15, 0.2) is 53.0 Å². The van der Waals surface area contributed by atoms with E-state index < -0.39 is 5.97 Å². The molecule has 0 saturated heterocycles. The highest BCUT2D eigenvalue weighted by molar-refractivity contribution is 9.10. The third-order valence-corrected chi connectivity index (χ3v) is 4.22. The van der Waals surface area contributed by atoms with Gasteiger partial charge >= 0.3 is 5.97 Å². The van der Waals surface area contributed by atoms with Crippen molar-refractivity contribution >= 4 is 44.4 Å². The molecule has 3 nitrogen and oxygen atoms in total. The Hall–Kier alpha value is -1.78. The molecule has 1 N–H and O–H groups in total. The fourth-order valence-electron chi connectivity index (χ4n) is 2.38. The van der Waals surface area contributed by atoms with Gasteiger partial charge in [0.2, 0.25) is 0 Å². The van der Waals surface area contributed by atoms with Crippen LogP contribution in [0.25, 0.3) is 10.9 Å². The van der Waals surface area contributed by atoms with Crippen LogP contribution >= 0.6 is 27.5 Å². The molecule has 5 heteroatoms. The highest BCUT2D eigenvalue weighted by Gasteiger charge is 2.15. The van der Waals surface area contributed by atoms with E-state index in [2.05, 4.69) is 15.9 Å². The summed E-state index contributed by atoms with van der Waals surface area (Å²) in [5, 5.41) is 10.9. The van der Waals surface area contributed by atoms with Gasteiger partial charge in [-0.05, 0) is 29.8 Å². The van der Waals surface area contributed by atoms with Crippen molar-refractivity contribution in [2.24, 2.45) is 0 Å². The van der Waals surface area contributed by atoms with Gasteiger partial charge in [0.05, 0.1) is 0 Å². The van der Waals surface area contributed by atoms with Gasteiger partial charge in [-0.2, -0.15) is 0 Å². The maximum absolute atomic E-state index is 11.5. The van der Waals surface area contributed by atoms with Crippen LogP contribution in [0.3, 0.4) is 0 Å². The molecule has 1 heterocycles. The second kappa shape index (κ2) is 5.54. The van der Waals surface area contributed by atoms with E-state index in [1.54, 1.807) is 10.6 Å². The number of carboxylic acid groups (broad SMARTS) is 1. The summed E-state index contributed by atoms with van der Waals surface area (Å²) in [6, 6.07) is 14.9. The van der Waals surface area contributed by atoms with E-state index in [4.69, 9.17) is 11.6 Å². The van der Waals surface area contributed by atoms with Crippen LogP contribution in [0.2, 0.25) is 5.02 Å². The number of para-hydroxylation sites is 1. The number of hydrogen-bond donors (Lipinski definition) is 1. The van der Waals surface area contributed by atoms with E-state index in [1.165, 1.54) is 0 Å². The number of nitrogens with zero attached hydrogens (tertiary/aromatic N) is 1. The number of carboxylic acids is 1. The Kier molecular flexibility index (Phi) is 3.74. The maximum atomic E-state index is 11.5. The van der Waals surface area contributed by atoms with E-state index in [9.17, 15) is 9.90 Å². The first-order valence-electron chi connectivity index (χ1n) is 6.32. The van der Waals surface area contributed by atoms with E-state index in [0.29, 0.717) is 11.6 Å². The molecule has 0 amide bonds. The molecule has 0 aliphatic rings. The van der Waals surface area contributed by atoms with Gasteiger partial charge in [-0.15, -0.1) is 0 Å². The highest BCUT2D eigenvalue weighted by atomic mass is 79.9. The lowest BCUT2D eigenvalue weighted by Gasteiger charge is -2.10. The van der Waals surface area contributed by atoms with Gasteiger partial charge in [0.15, 0.2) is 0 Å². The second-order valence-electron chi connectivity index (χ2n) is 4.72. The smallest absolute Gasteiger partial charge is 0.352 e. The van der Waals surface area contributed by atoms with Crippen molar-refractivity contribution in [3.05, 3.63) is 69.3 Å². The average molecular weight is 365 g/mol. The predicted molar refractivity (Wildman–Crippen MR) is 87.2 cm³/mol. The van der Waals surface area contributed by atoms with E-state index in [1.807, 2.05) is 42.5 Å². The maximum Gasteiger partial charge on any atom is 0.352 e. The molecule has 21 heavy (non-hydrogen) atoms. The number of carbonyl (C=O) groups is 1. The zero-order chi connectivity index (χ0) is 15.0. The molecule has 1 aromatic heterocycles. The molecule has 0 bridgehead atoms. The lowest BCUT2D eigenvalue weighted by atomic mass is 10.2. The summed E-state index contributed by atoms with van der Waals surface area (Å²) in [6.45, 7) is 0.418. The number of hydrogen-bond acceptors (Lipinski definition) is 1. The molecule has 0 aliphatic carbocycles. The Balaban J connectivity index is 2.14. The number of halogens is 2. The van der Waals surface area contributed by atoms with Crippen LogP contribution in [0, 0.1) is 0 Å². The Morgan fingerprint density at radius 2 is 1.95 bits per heavy atom. The molecule has 0 spiro atoms. The number of fused-ring (bicyclic) bond motifs is 1. The molecule has 0 atom stereocenters. The largest absolute Gasteiger partial charge is 0.477 e. The highest BCUT2D eigenvalue weighted by Crippen LogP contribution is 2.26. The first kappa shape index (κ1) is 14.2. The third-order valence-electron chi connectivity index (χ3n) is 3.37. The minimum atomic E-state index is -0.945. The lowest BCUT2D eigenvalue weighted by molar-refractivity contribution is 0.0686. The second-order valence-corrected chi connectivity index (χ2v) is 6.04. The minimum absolute atomic E-state index is 0.259. The number of aromatic nitrogens is 1. The lowest BCUT2D eigenvalue weighted by Crippen LogP contribution is -2.09. The van der Waals surface area contributed by atoms with Crippen molar-refractivity contribution in [1.29, 1.82) is 0 Å². The SMILES string of the molecule is O=C(O)c1cc2ccccc2n1Cc1ccc(Br)cc1Cl. The molecular formula is C16H11BrClNO2. The van der Waals surface area contributed by atoms with Crippen LogP contribution in [-0.2, 0) is 6.54 Å². The zero-order valence-electron chi connectivity index (χ0n) is 10.9. The Bertz CT molecular complexity index is 841. The van der Waals surface area contributed by atoms with Gasteiger partial charge in [-0.1, -0.05) is 51.8 Å². The van der Waals surface area contributed by atoms with Crippen molar-refractivity contribution in [1.82, 2.24) is 4.57 Å². The first-order chi connectivity index (χ1) is 10.1. The molecule has 0 saturated carbocycles. The van der Waals surface area contributed by atoms with Gasteiger partial charge in [0.1, 0.15) is 5.69 Å². The van der Waals surface area contributed by atoms with Gasteiger partial charge in [0.25, 0.3) is 0 Å². The zero-order valence-corrected chi connectivity index (χ0v) is 13.2. The monoisotopic (exact) mass is 363 g/mol. The van der Waals surface area contributed by atoms with Crippen LogP contribution < -0.4 is 0 Å². The Morgan fingerprint density at radius 3 is 2.67 bits per heavy atom. The molecule has 2 aromatic carbocycles. The Labute approximate surface area is 134 Å². The number of benzene rings is 2. The summed E-state index contributed by atoms with van der Waals surface area (Å²) in [7, 11) is 0. The van der Waals surface area contributed by atoms with Crippen LogP contribution in [-0.4, -0.2) is 15.6 Å². The van der Waals surface area contributed by atoms with Crippen molar-refractivity contribution < 1.29 is 9.90 Å². The van der Waals surface area contributed by atoms with Crippen LogP contribution in [0.5, 0.6) is 0 Å². The van der Waals surface area contributed by atoms with E-state index in [-0.39, 0.29) is 5.69 Å². The van der Waals surface area contributed by atoms with Crippen LogP contribution in [0.4, 0.5) is 0 Å². The molecule has 0 unspecified atom stereocenters. The van der Waals surface area contributed by atoms with Gasteiger partial charge in [-0.25, -0.2) is 4.79 Å². The molecule has 0 radical (unpaired) electrons. The van der Waals surface area contributed by atoms with Crippen molar-refractivity contribution in [3.8, 4) is 0 Å². The summed E-state index contributed by atoms with van der Waals surface area (Å²) in [5.41, 5.74) is 2.02. The average Bonchev–Trinajstić information content (AvgIpc) is 2.81. The van der Waals surface area contributed by atoms with Crippen molar-refractivity contribution in [2.75, 3.05) is 0 Å². The van der Waals surface area contributed by atoms with E-state index in [0.717, 1.165) is 20.9 Å². The molecule has 0 fully saturated rings.